The Bertz CT molecular complexity index is 1390. The summed E-state index contributed by atoms with van der Waals surface area (Å²) in [4.78, 5) is 29.0. The number of ether oxygens (including phenoxy) is 2. The van der Waals surface area contributed by atoms with Crippen molar-refractivity contribution in [1.82, 2.24) is 19.7 Å². The normalized spacial score (nSPS) is 10.9. The lowest BCUT2D eigenvalue weighted by Gasteiger charge is -2.12. The van der Waals surface area contributed by atoms with E-state index in [1.54, 1.807) is 27.9 Å². The van der Waals surface area contributed by atoms with Crippen molar-refractivity contribution in [3.63, 3.8) is 0 Å². The van der Waals surface area contributed by atoms with Gasteiger partial charge in [0, 0.05) is 17.9 Å². The fourth-order valence-electron chi connectivity index (χ4n) is 4.30. The Hall–Kier alpha value is -3.85. The van der Waals surface area contributed by atoms with Crippen LogP contribution in [0.15, 0.2) is 59.8 Å². The molecule has 4 aromatic rings. The SMILES string of the molecule is CCOC(=O)c1c(C)[nH]c(C)c1C(=O)CSc1nnc(-c2ccccc2OC)n1CCc1ccccc1. The number of esters is 1. The number of carbonyl (C=O) groups is 2. The van der Waals surface area contributed by atoms with Crippen molar-refractivity contribution in [2.75, 3.05) is 19.5 Å². The lowest BCUT2D eigenvalue weighted by atomic mass is 10.1. The van der Waals surface area contributed by atoms with E-state index in [9.17, 15) is 9.59 Å². The van der Waals surface area contributed by atoms with E-state index in [4.69, 9.17) is 9.47 Å². The summed E-state index contributed by atoms with van der Waals surface area (Å²) in [6.45, 7) is 6.16. The zero-order valence-corrected chi connectivity index (χ0v) is 22.2. The Kier molecular flexibility index (Phi) is 8.45. The molecule has 0 unspecified atom stereocenters. The average molecular weight is 519 g/mol. The molecule has 192 valence electrons. The largest absolute Gasteiger partial charge is 0.496 e. The minimum atomic E-state index is -0.498. The minimum absolute atomic E-state index is 0.0972. The van der Waals surface area contributed by atoms with Crippen LogP contribution in [0.5, 0.6) is 5.75 Å². The van der Waals surface area contributed by atoms with Gasteiger partial charge in [-0.25, -0.2) is 4.79 Å². The Morgan fingerprint density at radius 3 is 2.41 bits per heavy atom. The number of methoxy groups -OCH3 is 1. The van der Waals surface area contributed by atoms with Gasteiger partial charge >= 0.3 is 5.97 Å². The van der Waals surface area contributed by atoms with Gasteiger partial charge in [0.1, 0.15) is 5.75 Å². The highest BCUT2D eigenvalue weighted by Gasteiger charge is 2.26. The summed E-state index contributed by atoms with van der Waals surface area (Å²) in [6, 6.07) is 17.8. The quantitative estimate of drug-likeness (QED) is 0.164. The fourth-order valence-corrected chi connectivity index (χ4v) is 5.14. The second kappa shape index (κ2) is 11.9. The molecule has 0 aliphatic rings. The number of ketones is 1. The molecule has 0 spiro atoms. The van der Waals surface area contributed by atoms with Crippen LogP contribution in [0.4, 0.5) is 0 Å². The molecule has 0 amide bonds. The molecular formula is C28H30N4O4S. The Morgan fingerprint density at radius 1 is 0.973 bits per heavy atom. The number of Topliss-reactive ketones (excluding diaryl/α,β-unsaturated/α-hetero) is 1. The predicted molar refractivity (Wildman–Crippen MR) is 143 cm³/mol. The van der Waals surface area contributed by atoms with E-state index >= 15 is 0 Å². The molecule has 2 heterocycles. The molecule has 0 saturated heterocycles. The minimum Gasteiger partial charge on any atom is -0.496 e. The molecular weight excluding hydrogens is 488 g/mol. The highest BCUT2D eigenvalue weighted by Crippen LogP contribution is 2.32. The van der Waals surface area contributed by atoms with Crippen LogP contribution in [0.3, 0.4) is 0 Å². The van der Waals surface area contributed by atoms with Gasteiger partial charge in [0.2, 0.25) is 0 Å². The second-order valence-electron chi connectivity index (χ2n) is 8.45. The first-order chi connectivity index (χ1) is 17.9. The van der Waals surface area contributed by atoms with E-state index in [1.807, 2.05) is 47.0 Å². The molecule has 8 nitrogen and oxygen atoms in total. The van der Waals surface area contributed by atoms with Crippen molar-refractivity contribution < 1.29 is 19.1 Å². The number of aromatic amines is 1. The number of rotatable bonds is 11. The molecule has 0 radical (unpaired) electrons. The first-order valence-electron chi connectivity index (χ1n) is 12.1. The number of carbonyl (C=O) groups excluding carboxylic acids is 2. The van der Waals surface area contributed by atoms with Crippen molar-refractivity contribution in [1.29, 1.82) is 0 Å². The van der Waals surface area contributed by atoms with Gasteiger partial charge in [0.25, 0.3) is 0 Å². The summed E-state index contributed by atoms with van der Waals surface area (Å²) in [5.74, 6) is 0.790. The first-order valence-corrected chi connectivity index (χ1v) is 13.1. The maximum atomic E-state index is 13.3. The summed E-state index contributed by atoms with van der Waals surface area (Å²) < 4.78 is 12.8. The van der Waals surface area contributed by atoms with Crippen molar-refractivity contribution in [2.24, 2.45) is 0 Å². The molecule has 4 rings (SSSR count). The van der Waals surface area contributed by atoms with Crippen LogP contribution in [0.25, 0.3) is 11.4 Å². The van der Waals surface area contributed by atoms with Crippen molar-refractivity contribution in [3.8, 4) is 17.1 Å². The number of hydrogen-bond donors (Lipinski definition) is 1. The number of H-pyrrole nitrogens is 1. The molecule has 0 atom stereocenters. The molecule has 9 heteroatoms. The summed E-state index contributed by atoms with van der Waals surface area (Å²) in [7, 11) is 1.63. The summed E-state index contributed by atoms with van der Waals surface area (Å²) >= 11 is 1.30. The fraction of sp³-hybridized carbons (Fsp3) is 0.286. The maximum absolute atomic E-state index is 13.3. The Morgan fingerprint density at radius 2 is 1.68 bits per heavy atom. The third-order valence-corrected chi connectivity index (χ3v) is 6.96. The van der Waals surface area contributed by atoms with Crippen LogP contribution in [0.2, 0.25) is 0 Å². The second-order valence-corrected chi connectivity index (χ2v) is 9.39. The Balaban J connectivity index is 1.63. The van der Waals surface area contributed by atoms with Gasteiger partial charge in [-0.1, -0.05) is 54.2 Å². The zero-order valence-electron chi connectivity index (χ0n) is 21.4. The lowest BCUT2D eigenvalue weighted by molar-refractivity contribution is 0.0522. The van der Waals surface area contributed by atoms with E-state index in [1.165, 1.54) is 17.3 Å². The number of thioether (sulfide) groups is 1. The average Bonchev–Trinajstić information content (AvgIpc) is 3.45. The molecule has 2 aromatic carbocycles. The van der Waals surface area contributed by atoms with Gasteiger partial charge in [0.05, 0.1) is 36.2 Å². The van der Waals surface area contributed by atoms with Gasteiger partial charge in [-0.15, -0.1) is 10.2 Å². The number of hydrogen-bond acceptors (Lipinski definition) is 7. The van der Waals surface area contributed by atoms with Gasteiger partial charge in [0.15, 0.2) is 16.8 Å². The number of para-hydroxylation sites is 1. The van der Waals surface area contributed by atoms with Crippen molar-refractivity contribution in [2.45, 2.75) is 38.9 Å². The molecule has 0 saturated carbocycles. The van der Waals surface area contributed by atoms with Crippen LogP contribution in [-0.4, -0.2) is 51.0 Å². The van der Waals surface area contributed by atoms with E-state index in [-0.39, 0.29) is 18.1 Å². The number of aromatic nitrogens is 4. The van der Waals surface area contributed by atoms with Gasteiger partial charge in [-0.2, -0.15) is 0 Å². The standard InChI is InChI=1S/C28H30N4O4S/c1-5-36-27(34)25-19(3)29-18(2)24(25)22(33)17-37-28-31-30-26(21-13-9-10-14-23(21)35-4)32(28)16-15-20-11-7-6-8-12-20/h6-14,29H,5,15-17H2,1-4H3. The van der Waals surface area contributed by atoms with Crippen LogP contribution in [0.1, 0.15) is 44.6 Å². The lowest BCUT2D eigenvalue weighted by Crippen LogP contribution is -2.14. The third kappa shape index (κ3) is 5.77. The molecule has 2 aromatic heterocycles. The number of nitrogens with one attached hydrogen (secondary N) is 1. The highest BCUT2D eigenvalue weighted by atomic mass is 32.2. The molecule has 1 N–H and O–H groups in total. The first kappa shape index (κ1) is 26.2. The number of benzene rings is 2. The number of nitrogens with zero attached hydrogens (tertiary/aromatic N) is 3. The van der Waals surface area contributed by atoms with E-state index in [2.05, 4.69) is 27.3 Å². The number of aryl methyl sites for hydroxylation is 3. The van der Waals surface area contributed by atoms with Gasteiger partial charge < -0.3 is 19.0 Å². The van der Waals surface area contributed by atoms with Crippen molar-refractivity contribution >= 4 is 23.5 Å². The molecule has 0 fully saturated rings. The zero-order chi connectivity index (χ0) is 26.4. The van der Waals surface area contributed by atoms with Gasteiger partial charge in [-0.05, 0) is 44.9 Å². The van der Waals surface area contributed by atoms with Crippen LogP contribution in [0, 0.1) is 13.8 Å². The molecule has 0 aliphatic heterocycles. The Labute approximate surface area is 220 Å². The highest BCUT2D eigenvalue weighted by molar-refractivity contribution is 7.99. The molecule has 0 bridgehead atoms. The van der Waals surface area contributed by atoms with Crippen molar-refractivity contribution in [3.05, 3.63) is 82.7 Å². The van der Waals surface area contributed by atoms with E-state index in [0.717, 1.165) is 12.0 Å². The molecule has 0 aliphatic carbocycles. The monoisotopic (exact) mass is 518 g/mol. The van der Waals surface area contributed by atoms with Crippen LogP contribution in [-0.2, 0) is 17.7 Å². The summed E-state index contributed by atoms with van der Waals surface area (Å²) in [6.07, 6.45) is 0.769. The topological polar surface area (TPSA) is 99.1 Å². The van der Waals surface area contributed by atoms with Gasteiger partial charge in [-0.3, -0.25) is 4.79 Å². The summed E-state index contributed by atoms with van der Waals surface area (Å²) in [5.41, 5.74) is 3.94. The molecule has 37 heavy (non-hydrogen) atoms. The third-order valence-electron chi connectivity index (χ3n) is 6.00. The smallest absolute Gasteiger partial charge is 0.340 e. The van der Waals surface area contributed by atoms with E-state index < -0.39 is 5.97 Å². The summed E-state index contributed by atoms with van der Waals surface area (Å²) in [5, 5.41) is 9.52. The van der Waals surface area contributed by atoms with E-state index in [0.29, 0.717) is 45.8 Å². The predicted octanol–water partition coefficient (Wildman–Crippen LogP) is 5.29. The van der Waals surface area contributed by atoms with Crippen LogP contribution < -0.4 is 4.74 Å². The maximum Gasteiger partial charge on any atom is 0.340 e. The van der Waals surface area contributed by atoms with Crippen LogP contribution >= 0.6 is 11.8 Å².